The van der Waals surface area contributed by atoms with Crippen molar-refractivity contribution >= 4 is 35.2 Å². The van der Waals surface area contributed by atoms with Gasteiger partial charge in [0.15, 0.2) is 0 Å². The van der Waals surface area contributed by atoms with Gasteiger partial charge in [0.25, 0.3) is 0 Å². The van der Waals surface area contributed by atoms with Crippen molar-refractivity contribution in [3.8, 4) is 0 Å². The number of fused-ring (bicyclic) bond motifs is 2. The maximum absolute atomic E-state index is 15.8. The predicted octanol–water partition coefficient (Wildman–Crippen LogP) is 6.52. The van der Waals surface area contributed by atoms with Gasteiger partial charge >= 0.3 is 0 Å². The Kier molecular flexibility index (Phi) is 6.04. The first-order valence-corrected chi connectivity index (χ1v) is 12.7. The van der Waals surface area contributed by atoms with E-state index in [0.717, 1.165) is 59.6 Å². The van der Waals surface area contributed by atoms with Gasteiger partial charge in [-0.25, -0.2) is 14.4 Å². The molecule has 1 saturated heterocycles. The Hall–Kier alpha value is -2.64. The number of allylic oxidation sites excluding steroid dienone is 1. The molecule has 3 heterocycles. The van der Waals surface area contributed by atoms with Gasteiger partial charge in [-0.3, -0.25) is 4.31 Å². The SMILES string of the molecule is C=C1N(C)c2cc3c(N[C@H](C)c4cccc(C5CCCN(S)C5)c4F)nc(C)nc3cc2C1(C)C. The topological polar surface area (TPSA) is 44.3 Å². The van der Waals surface area contributed by atoms with Gasteiger partial charge in [0.1, 0.15) is 17.5 Å². The van der Waals surface area contributed by atoms with Crippen LogP contribution in [0.5, 0.6) is 0 Å². The molecular weight excluding hydrogens is 457 g/mol. The maximum Gasteiger partial charge on any atom is 0.138 e. The highest BCUT2D eigenvalue weighted by atomic mass is 32.1. The highest BCUT2D eigenvalue weighted by molar-refractivity contribution is 7.77. The van der Waals surface area contributed by atoms with Crippen LogP contribution in [0, 0.1) is 12.7 Å². The molecule has 184 valence electrons. The lowest BCUT2D eigenvalue weighted by Crippen LogP contribution is -2.27. The fraction of sp³-hybridized carbons (Fsp3) is 0.429. The zero-order chi connectivity index (χ0) is 25.1. The van der Waals surface area contributed by atoms with Gasteiger partial charge < -0.3 is 10.2 Å². The van der Waals surface area contributed by atoms with Crippen molar-refractivity contribution in [2.75, 3.05) is 30.4 Å². The number of aromatic nitrogens is 2. The molecule has 0 aliphatic carbocycles. The number of halogens is 1. The number of anilines is 2. The molecule has 0 amide bonds. The first kappa shape index (κ1) is 24.1. The van der Waals surface area contributed by atoms with Crippen LogP contribution in [0.25, 0.3) is 10.9 Å². The molecule has 7 heteroatoms. The van der Waals surface area contributed by atoms with E-state index in [4.69, 9.17) is 9.97 Å². The molecule has 1 N–H and O–H groups in total. The Morgan fingerprint density at radius 3 is 2.77 bits per heavy atom. The van der Waals surface area contributed by atoms with Crippen LogP contribution in [0.15, 0.2) is 42.6 Å². The molecule has 5 nitrogen and oxygen atoms in total. The third-order valence-electron chi connectivity index (χ3n) is 7.80. The number of hydrogen-bond acceptors (Lipinski definition) is 6. The standard InChI is InChI=1S/C28H34FN5S/c1-16(20-10-7-11-21(26(20)29)19-9-8-12-34(35)15-19)30-27-22-13-25-23(14-24(22)31-18(3)32-27)28(4,5)17(2)33(25)6/h7,10-11,13-14,16,19,35H,2,8-9,12,15H2,1,3-6H3,(H,30,31,32)/t16-,19?/m1/s1. The number of thiol groups is 1. The normalized spacial score (nSPS) is 20.8. The molecule has 5 rings (SSSR count). The van der Waals surface area contributed by atoms with E-state index in [1.165, 1.54) is 5.56 Å². The van der Waals surface area contributed by atoms with Crippen LogP contribution >= 0.6 is 12.8 Å². The molecule has 3 aromatic rings. The Bertz CT molecular complexity index is 1320. The Labute approximate surface area is 213 Å². The molecule has 1 unspecified atom stereocenters. The van der Waals surface area contributed by atoms with Gasteiger partial charge in [-0.1, -0.05) is 51.4 Å². The Morgan fingerprint density at radius 1 is 1.26 bits per heavy atom. The summed E-state index contributed by atoms with van der Waals surface area (Å²) in [5.41, 5.74) is 5.51. The molecule has 0 spiro atoms. The van der Waals surface area contributed by atoms with Crippen LogP contribution in [0.1, 0.15) is 68.1 Å². The fourth-order valence-electron chi connectivity index (χ4n) is 5.60. The van der Waals surface area contributed by atoms with Crippen molar-refractivity contribution in [2.45, 2.75) is 57.9 Å². The monoisotopic (exact) mass is 491 g/mol. The van der Waals surface area contributed by atoms with Gasteiger partial charge in [0.05, 0.1) is 11.6 Å². The van der Waals surface area contributed by atoms with Crippen molar-refractivity contribution in [1.82, 2.24) is 14.3 Å². The molecule has 0 saturated carbocycles. The first-order valence-electron chi connectivity index (χ1n) is 12.3. The largest absolute Gasteiger partial charge is 0.363 e. The maximum atomic E-state index is 15.8. The average Bonchev–Trinajstić information content (AvgIpc) is 2.97. The van der Waals surface area contributed by atoms with E-state index in [2.05, 4.69) is 55.6 Å². The second-order valence-corrected chi connectivity index (χ2v) is 11.1. The van der Waals surface area contributed by atoms with E-state index in [1.54, 1.807) is 0 Å². The number of nitrogens with one attached hydrogen (secondary N) is 1. The second-order valence-electron chi connectivity index (χ2n) is 10.5. The zero-order valence-corrected chi connectivity index (χ0v) is 22.1. The summed E-state index contributed by atoms with van der Waals surface area (Å²) >= 11 is 4.51. The lowest BCUT2D eigenvalue weighted by Gasteiger charge is -2.30. The summed E-state index contributed by atoms with van der Waals surface area (Å²) in [4.78, 5) is 11.6. The van der Waals surface area contributed by atoms with Crippen molar-refractivity contribution in [3.05, 3.63) is 70.9 Å². The molecule has 0 bridgehead atoms. The van der Waals surface area contributed by atoms with Crippen LogP contribution in [0.2, 0.25) is 0 Å². The summed E-state index contributed by atoms with van der Waals surface area (Å²) in [6.45, 7) is 14.3. The molecule has 1 aromatic heterocycles. The fourth-order valence-corrected chi connectivity index (χ4v) is 5.94. The average molecular weight is 492 g/mol. The highest BCUT2D eigenvalue weighted by Crippen LogP contribution is 2.48. The highest BCUT2D eigenvalue weighted by Gasteiger charge is 2.38. The second kappa shape index (κ2) is 8.79. The van der Waals surface area contributed by atoms with Gasteiger partial charge in [-0.05, 0) is 49.9 Å². The lowest BCUT2D eigenvalue weighted by atomic mass is 9.84. The van der Waals surface area contributed by atoms with Gasteiger partial charge in [-0.2, -0.15) is 0 Å². The van der Waals surface area contributed by atoms with Gasteiger partial charge in [0.2, 0.25) is 0 Å². The van der Waals surface area contributed by atoms with E-state index in [9.17, 15) is 0 Å². The van der Waals surface area contributed by atoms with Crippen LogP contribution in [0.3, 0.4) is 0 Å². The van der Waals surface area contributed by atoms with E-state index < -0.39 is 0 Å². The number of benzene rings is 2. The summed E-state index contributed by atoms with van der Waals surface area (Å²) in [5.74, 6) is 1.43. The number of nitrogens with zero attached hydrogens (tertiary/aromatic N) is 4. The minimum atomic E-state index is -0.263. The summed E-state index contributed by atoms with van der Waals surface area (Å²) in [6.07, 6.45) is 2.01. The number of likely N-dealkylation sites (N-methyl/N-ethyl adjacent to an activating group) is 1. The van der Waals surface area contributed by atoms with Crippen LogP contribution in [-0.4, -0.2) is 34.4 Å². The Balaban J connectivity index is 1.52. The van der Waals surface area contributed by atoms with E-state index in [0.29, 0.717) is 11.4 Å². The molecule has 1 fully saturated rings. The van der Waals surface area contributed by atoms with Crippen molar-refractivity contribution in [1.29, 1.82) is 0 Å². The minimum Gasteiger partial charge on any atom is -0.363 e. The summed E-state index contributed by atoms with van der Waals surface area (Å²) in [6, 6.07) is 9.77. The molecule has 35 heavy (non-hydrogen) atoms. The predicted molar refractivity (Wildman–Crippen MR) is 146 cm³/mol. The number of hydrogen-bond donors (Lipinski definition) is 2. The molecule has 2 atom stereocenters. The van der Waals surface area contributed by atoms with Crippen LogP contribution in [0.4, 0.5) is 15.9 Å². The van der Waals surface area contributed by atoms with Crippen LogP contribution in [-0.2, 0) is 5.41 Å². The molecular formula is C28H34FN5S. The third kappa shape index (κ3) is 4.08. The quantitative estimate of drug-likeness (QED) is 0.407. The van der Waals surface area contributed by atoms with Gasteiger partial charge in [-0.15, -0.1) is 0 Å². The van der Waals surface area contributed by atoms with Gasteiger partial charge in [0, 0.05) is 53.8 Å². The minimum absolute atomic E-state index is 0.130. The zero-order valence-electron chi connectivity index (χ0n) is 21.2. The first-order chi connectivity index (χ1) is 16.6. The lowest BCUT2D eigenvalue weighted by molar-refractivity contribution is 0.339. The van der Waals surface area contributed by atoms with Crippen molar-refractivity contribution < 1.29 is 4.39 Å². The summed E-state index contributed by atoms with van der Waals surface area (Å²) in [5, 5.41) is 4.43. The van der Waals surface area contributed by atoms with E-state index in [-0.39, 0.29) is 23.2 Å². The van der Waals surface area contributed by atoms with Crippen LogP contribution < -0.4 is 10.2 Å². The molecule has 2 aliphatic heterocycles. The number of piperidine rings is 1. The number of rotatable bonds is 4. The number of aryl methyl sites for hydroxylation is 1. The summed E-state index contributed by atoms with van der Waals surface area (Å²) in [7, 11) is 2.05. The summed E-state index contributed by atoms with van der Waals surface area (Å²) < 4.78 is 17.7. The smallest absolute Gasteiger partial charge is 0.138 e. The molecule has 2 aliphatic rings. The van der Waals surface area contributed by atoms with Crippen molar-refractivity contribution in [2.24, 2.45) is 0 Å². The molecule has 2 aromatic carbocycles. The van der Waals surface area contributed by atoms with Crippen molar-refractivity contribution in [3.63, 3.8) is 0 Å². The third-order valence-corrected chi connectivity index (χ3v) is 8.17. The molecule has 0 radical (unpaired) electrons. The van der Waals surface area contributed by atoms with E-state index in [1.807, 2.05) is 43.4 Å². The Morgan fingerprint density at radius 2 is 2.03 bits per heavy atom. The van der Waals surface area contributed by atoms with E-state index >= 15 is 4.39 Å².